The van der Waals surface area contributed by atoms with E-state index < -0.39 is 0 Å². The van der Waals surface area contributed by atoms with Crippen molar-refractivity contribution in [3.8, 4) is 5.75 Å². The number of halogens is 1. The third kappa shape index (κ3) is 3.54. The molecule has 0 unspecified atom stereocenters. The lowest BCUT2D eigenvalue weighted by molar-refractivity contribution is 0.313. The number of hydrogen-bond donors (Lipinski definition) is 1. The van der Waals surface area contributed by atoms with Crippen LogP contribution in [0.5, 0.6) is 5.75 Å². The molecule has 19 heavy (non-hydrogen) atoms. The predicted octanol–water partition coefficient (Wildman–Crippen LogP) is 3.71. The first-order valence-electron chi connectivity index (χ1n) is 5.83. The van der Waals surface area contributed by atoms with Crippen molar-refractivity contribution in [1.29, 1.82) is 0 Å². The summed E-state index contributed by atoms with van der Waals surface area (Å²) in [6, 6.07) is 6.19. The van der Waals surface area contributed by atoms with Gasteiger partial charge in [0.15, 0.2) is 0 Å². The molecule has 5 heteroatoms. The van der Waals surface area contributed by atoms with E-state index in [-0.39, 0.29) is 5.82 Å². The second-order valence-corrected chi connectivity index (χ2v) is 4.84. The normalized spacial score (nSPS) is 11.6. The maximum absolute atomic E-state index is 13.2. The van der Waals surface area contributed by atoms with E-state index in [4.69, 9.17) is 9.94 Å². The molecule has 2 aromatic rings. The van der Waals surface area contributed by atoms with Gasteiger partial charge in [-0.05, 0) is 41.4 Å². The van der Waals surface area contributed by atoms with Crippen LogP contribution in [0.2, 0.25) is 0 Å². The fourth-order valence-corrected chi connectivity index (χ4v) is 2.39. The van der Waals surface area contributed by atoms with Gasteiger partial charge in [0.2, 0.25) is 0 Å². The van der Waals surface area contributed by atoms with Crippen LogP contribution in [0.4, 0.5) is 4.39 Å². The molecule has 1 heterocycles. The molecule has 0 amide bonds. The van der Waals surface area contributed by atoms with E-state index in [2.05, 4.69) is 10.5 Å². The predicted molar refractivity (Wildman–Crippen MR) is 73.9 cm³/mol. The van der Waals surface area contributed by atoms with Crippen molar-refractivity contribution in [2.24, 2.45) is 5.16 Å². The number of benzene rings is 1. The number of rotatable bonds is 5. The Kier molecular flexibility index (Phi) is 4.52. The van der Waals surface area contributed by atoms with Gasteiger partial charge in [0.05, 0.1) is 12.3 Å². The summed E-state index contributed by atoms with van der Waals surface area (Å²) >= 11 is 1.63. The summed E-state index contributed by atoms with van der Waals surface area (Å²) in [5, 5.41) is 16.0. The van der Waals surface area contributed by atoms with Crippen LogP contribution < -0.4 is 4.74 Å². The maximum atomic E-state index is 13.2. The van der Waals surface area contributed by atoms with Crippen molar-refractivity contribution >= 4 is 17.0 Å². The zero-order valence-electron chi connectivity index (χ0n) is 10.5. The lowest BCUT2D eigenvalue weighted by Gasteiger charge is -2.10. The zero-order valence-corrected chi connectivity index (χ0v) is 11.3. The summed E-state index contributed by atoms with van der Waals surface area (Å²) in [6.07, 6.45) is 0.759. The molecule has 0 aliphatic carbocycles. The summed E-state index contributed by atoms with van der Waals surface area (Å²) in [4.78, 5) is 0. The van der Waals surface area contributed by atoms with Crippen LogP contribution in [0.25, 0.3) is 0 Å². The summed E-state index contributed by atoms with van der Waals surface area (Å²) in [7, 11) is 0. The Hall–Kier alpha value is -1.88. The molecule has 0 saturated carbocycles. The number of oxime groups is 1. The summed E-state index contributed by atoms with van der Waals surface area (Å²) in [5.41, 5.74) is 2.18. The Labute approximate surface area is 115 Å². The first-order chi connectivity index (χ1) is 9.20. The first-order valence-corrected chi connectivity index (χ1v) is 6.77. The van der Waals surface area contributed by atoms with E-state index in [1.165, 1.54) is 17.7 Å². The lowest BCUT2D eigenvalue weighted by Crippen LogP contribution is -2.06. The van der Waals surface area contributed by atoms with Crippen LogP contribution in [-0.4, -0.2) is 17.5 Å². The van der Waals surface area contributed by atoms with Crippen LogP contribution >= 0.6 is 11.3 Å². The van der Waals surface area contributed by atoms with Gasteiger partial charge < -0.3 is 9.94 Å². The van der Waals surface area contributed by atoms with E-state index in [0.717, 1.165) is 6.42 Å². The minimum absolute atomic E-state index is 0.375. The number of thiophene rings is 1. The van der Waals surface area contributed by atoms with Crippen molar-refractivity contribution < 1.29 is 14.3 Å². The Bertz CT molecular complexity index is 567. The molecule has 0 radical (unpaired) electrons. The SMILES string of the molecule is CC(=NO)c1ccc(F)cc1OCCc1ccsc1. The van der Waals surface area contributed by atoms with E-state index in [1.54, 1.807) is 24.3 Å². The largest absolute Gasteiger partial charge is 0.492 e. The molecule has 0 aliphatic heterocycles. The van der Waals surface area contributed by atoms with Gasteiger partial charge in [-0.1, -0.05) is 5.16 Å². The van der Waals surface area contributed by atoms with Crippen LogP contribution in [0.1, 0.15) is 18.1 Å². The molecular formula is C14H14FNO2S. The summed E-state index contributed by atoms with van der Waals surface area (Å²) in [5.74, 6) is 0.0190. The molecule has 100 valence electrons. The minimum Gasteiger partial charge on any atom is -0.492 e. The van der Waals surface area contributed by atoms with Gasteiger partial charge in [-0.25, -0.2) is 4.39 Å². The van der Waals surface area contributed by atoms with Crippen molar-refractivity contribution in [2.45, 2.75) is 13.3 Å². The Morgan fingerprint density at radius 3 is 2.95 bits per heavy atom. The van der Waals surface area contributed by atoms with Crippen LogP contribution in [0, 0.1) is 5.82 Å². The van der Waals surface area contributed by atoms with Crippen molar-refractivity contribution in [1.82, 2.24) is 0 Å². The standard InChI is InChI=1S/C14H14FNO2S/c1-10(16-17)13-3-2-12(15)8-14(13)18-6-4-11-5-7-19-9-11/h2-3,5,7-9,17H,4,6H2,1H3. The maximum Gasteiger partial charge on any atom is 0.131 e. The van der Waals surface area contributed by atoms with Gasteiger partial charge in [0.1, 0.15) is 11.6 Å². The van der Waals surface area contributed by atoms with Gasteiger partial charge in [0, 0.05) is 18.1 Å². The zero-order chi connectivity index (χ0) is 13.7. The van der Waals surface area contributed by atoms with Crippen LogP contribution in [-0.2, 0) is 6.42 Å². The van der Waals surface area contributed by atoms with Crippen molar-refractivity contribution in [2.75, 3.05) is 6.61 Å². The smallest absolute Gasteiger partial charge is 0.131 e. The minimum atomic E-state index is -0.375. The van der Waals surface area contributed by atoms with Crippen molar-refractivity contribution in [3.05, 3.63) is 52.0 Å². The van der Waals surface area contributed by atoms with Crippen LogP contribution in [0.3, 0.4) is 0 Å². The van der Waals surface area contributed by atoms with Gasteiger partial charge in [-0.15, -0.1) is 0 Å². The molecule has 2 rings (SSSR count). The van der Waals surface area contributed by atoms with Crippen molar-refractivity contribution in [3.63, 3.8) is 0 Å². The molecule has 0 fully saturated rings. The average Bonchev–Trinajstić information content (AvgIpc) is 2.91. The van der Waals surface area contributed by atoms with Gasteiger partial charge in [-0.2, -0.15) is 11.3 Å². The van der Waals surface area contributed by atoms with E-state index in [9.17, 15) is 4.39 Å². The second kappa shape index (κ2) is 6.33. The highest BCUT2D eigenvalue weighted by Gasteiger charge is 2.09. The fraction of sp³-hybridized carbons (Fsp3) is 0.214. The average molecular weight is 279 g/mol. The highest BCUT2D eigenvalue weighted by molar-refractivity contribution is 7.07. The van der Waals surface area contributed by atoms with E-state index >= 15 is 0 Å². The number of ether oxygens (including phenoxy) is 1. The molecule has 0 spiro atoms. The van der Waals surface area contributed by atoms with Gasteiger partial charge in [0.25, 0.3) is 0 Å². The first kappa shape index (κ1) is 13.5. The molecule has 3 nitrogen and oxygen atoms in total. The second-order valence-electron chi connectivity index (χ2n) is 4.06. The fourth-order valence-electron chi connectivity index (χ4n) is 1.68. The molecule has 0 saturated heterocycles. The monoisotopic (exact) mass is 279 g/mol. The Morgan fingerprint density at radius 1 is 1.42 bits per heavy atom. The molecule has 0 aliphatic rings. The molecule has 1 aromatic heterocycles. The molecule has 0 atom stereocenters. The van der Waals surface area contributed by atoms with E-state index in [0.29, 0.717) is 23.6 Å². The third-order valence-electron chi connectivity index (χ3n) is 2.71. The van der Waals surface area contributed by atoms with Crippen LogP contribution in [0.15, 0.2) is 40.2 Å². The molecule has 1 N–H and O–H groups in total. The number of hydrogen-bond acceptors (Lipinski definition) is 4. The Morgan fingerprint density at radius 2 is 2.26 bits per heavy atom. The van der Waals surface area contributed by atoms with E-state index in [1.807, 2.05) is 11.4 Å². The molecule has 1 aromatic carbocycles. The highest BCUT2D eigenvalue weighted by Crippen LogP contribution is 2.21. The topological polar surface area (TPSA) is 41.8 Å². The van der Waals surface area contributed by atoms with Gasteiger partial charge in [-0.3, -0.25) is 0 Å². The lowest BCUT2D eigenvalue weighted by atomic mass is 10.1. The molecule has 0 bridgehead atoms. The van der Waals surface area contributed by atoms with Gasteiger partial charge >= 0.3 is 0 Å². The number of nitrogens with zero attached hydrogens (tertiary/aromatic N) is 1. The summed E-state index contributed by atoms with van der Waals surface area (Å²) in [6.45, 7) is 2.09. The highest BCUT2D eigenvalue weighted by atomic mass is 32.1. The Balaban J connectivity index is 2.08. The third-order valence-corrected chi connectivity index (χ3v) is 3.44. The quantitative estimate of drug-likeness (QED) is 0.515. The summed E-state index contributed by atoms with van der Waals surface area (Å²) < 4.78 is 18.8. The molecular weight excluding hydrogens is 265 g/mol.